The Morgan fingerprint density at radius 2 is 1.85 bits per heavy atom. The monoisotopic (exact) mass is 497 g/mol. The van der Waals surface area contributed by atoms with Crippen molar-refractivity contribution in [1.29, 1.82) is 0 Å². The van der Waals surface area contributed by atoms with E-state index in [1.807, 2.05) is 29.9 Å². The fraction of sp³-hybridized carbons (Fsp3) is 0.160. The van der Waals surface area contributed by atoms with Crippen LogP contribution in [0, 0.1) is 12.9 Å². The highest BCUT2D eigenvalue weighted by atomic mass is 35.5. The lowest BCUT2D eigenvalue weighted by Gasteiger charge is -2.13. The molecule has 6 nitrogen and oxygen atoms in total. The number of benzene rings is 2. The Morgan fingerprint density at radius 3 is 2.56 bits per heavy atom. The van der Waals surface area contributed by atoms with E-state index in [1.165, 1.54) is 6.07 Å². The van der Waals surface area contributed by atoms with Gasteiger partial charge in [0.15, 0.2) is 0 Å². The third-order valence-corrected chi connectivity index (χ3v) is 6.07. The predicted molar refractivity (Wildman–Crippen MR) is 133 cm³/mol. The number of pyridine rings is 1. The standard InChI is InChI=1S/C25H22Cl2FN5O/c1-15-20(4-6-23(28)32-15)18-9-17(14-31-25-29-7-8-33(25)2)10-19(12-18)24(34)30-13-16-3-5-21(26)22(27)11-16/h3-12H,13-14H2,1-2H3,(H,29,31)(H,30,34). The second-order valence-corrected chi connectivity index (χ2v) is 8.65. The third kappa shape index (κ3) is 5.55. The summed E-state index contributed by atoms with van der Waals surface area (Å²) in [4.78, 5) is 21.2. The van der Waals surface area contributed by atoms with Gasteiger partial charge in [-0.1, -0.05) is 29.3 Å². The largest absolute Gasteiger partial charge is 0.352 e. The number of aromatic nitrogens is 3. The number of carbonyl (C=O) groups excluding carboxylic acids is 1. The summed E-state index contributed by atoms with van der Waals surface area (Å²) in [6, 6.07) is 13.7. The summed E-state index contributed by atoms with van der Waals surface area (Å²) in [5.41, 5.74) is 4.22. The van der Waals surface area contributed by atoms with Crippen molar-refractivity contribution < 1.29 is 9.18 Å². The fourth-order valence-electron chi connectivity index (χ4n) is 3.57. The zero-order valence-corrected chi connectivity index (χ0v) is 20.1. The summed E-state index contributed by atoms with van der Waals surface area (Å²) in [6.45, 7) is 2.47. The molecule has 4 aromatic rings. The number of aryl methyl sites for hydroxylation is 2. The fourth-order valence-corrected chi connectivity index (χ4v) is 3.89. The number of halogens is 3. The van der Waals surface area contributed by atoms with Crippen molar-refractivity contribution in [2.24, 2.45) is 7.05 Å². The smallest absolute Gasteiger partial charge is 0.251 e. The summed E-state index contributed by atoms with van der Waals surface area (Å²) >= 11 is 12.1. The van der Waals surface area contributed by atoms with Gasteiger partial charge in [-0.25, -0.2) is 9.97 Å². The molecule has 0 bridgehead atoms. The molecule has 9 heteroatoms. The first-order valence-electron chi connectivity index (χ1n) is 10.5. The maximum atomic E-state index is 13.6. The van der Waals surface area contributed by atoms with E-state index in [1.54, 1.807) is 43.5 Å². The number of nitrogens with one attached hydrogen (secondary N) is 2. The van der Waals surface area contributed by atoms with Crippen LogP contribution in [-0.4, -0.2) is 20.4 Å². The second kappa shape index (κ2) is 10.2. The Hall–Kier alpha value is -3.42. The SMILES string of the molecule is Cc1nc(F)ccc1-c1cc(CNc2nccn2C)cc(C(=O)NCc2ccc(Cl)c(Cl)c2)c1. The van der Waals surface area contributed by atoms with Crippen LogP contribution < -0.4 is 10.6 Å². The van der Waals surface area contributed by atoms with Crippen LogP contribution in [0.5, 0.6) is 0 Å². The molecule has 4 rings (SSSR count). The number of nitrogens with zero attached hydrogens (tertiary/aromatic N) is 3. The Kier molecular flexibility index (Phi) is 7.14. The molecule has 0 radical (unpaired) electrons. The van der Waals surface area contributed by atoms with Crippen molar-refractivity contribution in [2.75, 3.05) is 5.32 Å². The van der Waals surface area contributed by atoms with Crippen molar-refractivity contribution in [3.8, 4) is 11.1 Å². The summed E-state index contributed by atoms with van der Waals surface area (Å²) in [7, 11) is 1.89. The molecule has 34 heavy (non-hydrogen) atoms. The Labute approximate surface area is 206 Å². The Balaban J connectivity index is 1.62. The van der Waals surface area contributed by atoms with E-state index in [4.69, 9.17) is 23.2 Å². The molecule has 0 unspecified atom stereocenters. The molecule has 0 aliphatic rings. The van der Waals surface area contributed by atoms with Gasteiger partial charge in [-0.15, -0.1) is 0 Å². The molecule has 0 aliphatic heterocycles. The molecule has 2 heterocycles. The van der Waals surface area contributed by atoms with Crippen LogP contribution in [0.2, 0.25) is 10.0 Å². The lowest BCUT2D eigenvalue weighted by atomic mass is 9.98. The average Bonchev–Trinajstić information content (AvgIpc) is 3.22. The molecule has 0 saturated heterocycles. The summed E-state index contributed by atoms with van der Waals surface area (Å²) in [5.74, 6) is -0.0945. The number of rotatable bonds is 7. The van der Waals surface area contributed by atoms with Crippen molar-refractivity contribution in [1.82, 2.24) is 19.9 Å². The van der Waals surface area contributed by atoms with Gasteiger partial charge < -0.3 is 15.2 Å². The Morgan fingerprint density at radius 1 is 1.03 bits per heavy atom. The molecule has 2 N–H and O–H groups in total. The molecule has 0 spiro atoms. The number of amides is 1. The first-order chi connectivity index (χ1) is 16.3. The summed E-state index contributed by atoms with van der Waals surface area (Å²) in [6.07, 6.45) is 3.54. The van der Waals surface area contributed by atoms with E-state index < -0.39 is 5.95 Å². The van der Waals surface area contributed by atoms with Gasteiger partial charge in [0.05, 0.1) is 10.0 Å². The van der Waals surface area contributed by atoms with Gasteiger partial charge in [0, 0.05) is 49.4 Å². The van der Waals surface area contributed by atoms with Crippen LogP contribution in [0.15, 0.2) is 60.9 Å². The number of anilines is 1. The van der Waals surface area contributed by atoms with Gasteiger partial charge in [-0.2, -0.15) is 4.39 Å². The molecule has 0 saturated carbocycles. The zero-order valence-electron chi connectivity index (χ0n) is 18.6. The lowest BCUT2D eigenvalue weighted by Crippen LogP contribution is -2.23. The molecule has 0 atom stereocenters. The second-order valence-electron chi connectivity index (χ2n) is 7.83. The molecule has 0 aliphatic carbocycles. The summed E-state index contributed by atoms with van der Waals surface area (Å²) < 4.78 is 15.4. The van der Waals surface area contributed by atoms with Gasteiger partial charge in [0.2, 0.25) is 11.9 Å². The molecule has 2 aromatic carbocycles. The molecule has 1 amide bonds. The highest BCUT2D eigenvalue weighted by molar-refractivity contribution is 6.42. The predicted octanol–water partition coefficient (Wildman–Crippen LogP) is 5.78. The minimum Gasteiger partial charge on any atom is -0.352 e. The molecular formula is C25H22Cl2FN5O. The maximum Gasteiger partial charge on any atom is 0.251 e. The highest BCUT2D eigenvalue weighted by Gasteiger charge is 2.13. The molecular weight excluding hydrogens is 476 g/mol. The Bertz CT molecular complexity index is 1360. The van der Waals surface area contributed by atoms with Crippen LogP contribution in [0.4, 0.5) is 10.3 Å². The van der Waals surface area contributed by atoms with Crippen LogP contribution in [0.3, 0.4) is 0 Å². The first kappa shape index (κ1) is 23.7. The zero-order chi connectivity index (χ0) is 24.2. The minimum absolute atomic E-state index is 0.251. The van der Waals surface area contributed by atoms with E-state index in [0.29, 0.717) is 33.8 Å². The van der Waals surface area contributed by atoms with Crippen molar-refractivity contribution in [3.05, 3.63) is 99.3 Å². The van der Waals surface area contributed by atoms with E-state index in [0.717, 1.165) is 22.3 Å². The van der Waals surface area contributed by atoms with Crippen molar-refractivity contribution >= 4 is 35.1 Å². The van der Waals surface area contributed by atoms with E-state index in [9.17, 15) is 9.18 Å². The topological polar surface area (TPSA) is 71.8 Å². The minimum atomic E-state index is -0.548. The molecule has 2 aromatic heterocycles. The van der Waals surface area contributed by atoms with Crippen LogP contribution in [0.25, 0.3) is 11.1 Å². The van der Waals surface area contributed by atoms with Crippen LogP contribution in [-0.2, 0) is 20.1 Å². The lowest BCUT2D eigenvalue weighted by molar-refractivity contribution is 0.0951. The van der Waals surface area contributed by atoms with Crippen molar-refractivity contribution in [2.45, 2.75) is 20.0 Å². The number of imidazole rings is 1. The first-order valence-corrected chi connectivity index (χ1v) is 11.3. The highest BCUT2D eigenvalue weighted by Crippen LogP contribution is 2.26. The average molecular weight is 498 g/mol. The van der Waals surface area contributed by atoms with Gasteiger partial charge >= 0.3 is 0 Å². The van der Waals surface area contributed by atoms with E-state index >= 15 is 0 Å². The van der Waals surface area contributed by atoms with Crippen LogP contribution >= 0.6 is 23.2 Å². The number of hydrogen-bond acceptors (Lipinski definition) is 4. The van der Waals surface area contributed by atoms with Gasteiger partial charge in [-0.05, 0) is 66.1 Å². The van der Waals surface area contributed by atoms with Crippen molar-refractivity contribution in [3.63, 3.8) is 0 Å². The molecule has 174 valence electrons. The maximum absolute atomic E-state index is 13.6. The third-order valence-electron chi connectivity index (χ3n) is 5.33. The van der Waals surface area contributed by atoms with E-state index in [2.05, 4.69) is 20.6 Å². The van der Waals surface area contributed by atoms with Gasteiger partial charge in [0.1, 0.15) is 0 Å². The number of carbonyl (C=O) groups is 1. The molecule has 0 fully saturated rings. The van der Waals surface area contributed by atoms with Gasteiger partial charge in [-0.3, -0.25) is 4.79 Å². The normalized spacial score (nSPS) is 10.9. The van der Waals surface area contributed by atoms with Crippen LogP contribution in [0.1, 0.15) is 27.2 Å². The number of hydrogen-bond donors (Lipinski definition) is 2. The quantitative estimate of drug-likeness (QED) is 0.317. The van der Waals surface area contributed by atoms with Gasteiger partial charge in [0.25, 0.3) is 5.91 Å². The summed E-state index contributed by atoms with van der Waals surface area (Å²) in [5, 5.41) is 7.07. The van der Waals surface area contributed by atoms with E-state index in [-0.39, 0.29) is 12.5 Å².